The Morgan fingerprint density at radius 3 is 2.12 bits per heavy atom. The predicted molar refractivity (Wildman–Crippen MR) is 90.5 cm³/mol. The number of hydrogen-bond acceptors (Lipinski definition) is 4. The maximum atomic E-state index is 12.8. The molecule has 6 nitrogen and oxygen atoms in total. The number of carbonyl (C=O) groups is 2. The molecule has 0 bridgehead atoms. The summed E-state index contributed by atoms with van der Waals surface area (Å²) in [5.41, 5.74) is 7.39. The Labute approximate surface area is 140 Å². The molecule has 0 saturated carbocycles. The number of hydrogen-bond donors (Lipinski definition) is 3. The molecule has 0 unspecified atom stereocenters. The van der Waals surface area contributed by atoms with Gasteiger partial charge in [-0.25, -0.2) is 0 Å². The van der Waals surface area contributed by atoms with Gasteiger partial charge in [-0.2, -0.15) is 0 Å². The van der Waals surface area contributed by atoms with Crippen LogP contribution >= 0.6 is 0 Å². The monoisotopic (exact) mass is 328 g/mol. The molecule has 126 valence electrons. The Bertz CT molecular complexity index is 710. The molecule has 0 aliphatic carbocycles. The van der Waals surface area contributed by atoms with Crippen molar-refractivity contribution in [2.45, 2.75) is 0 Å². The van der Waals surface area contributed by atoms with E-state index < -0.39 is 5.91 Å². The second-order valence-electron chi connectivity index (χ2n) is 5.23. The second-order valence-corrected chi connectivity index (χ2v) is 5.23. The molecule has 0 fully saturated rings. The number of amides is 2. The molecular formula is C18H20N2O4. The lowest BCUT2D eigenvalue weighted by Crippen LogP contribution is -2.36. The van der Waals surface area contributed by atoms with E-state index in [1.54, 1.807) is 12.1 Å². The highest BCUT2D eigenvalue weighted by Gasteiger charge is 2.20. The molecule has 2 aromatic rings. The zero-order chi connectivity index (χ0) is 17.5. The summed E-state index contributed by atoms with van der Waals surface area (Å²) in [5.74, 6) is -0.901. The first-order valence-electron chi connectivity index (χ1n) is 7.58. The smallest absolute Gasteiger partial charge is 0.254 e. The average Bonchev–Trinajstić information content (AvgIpc) is 2.61. The maximum Gasteiger partial charge on any atom is 0.254 e. The van der Waals surface area contributed by atoms with Gasteiger partial charge in [-0.1, -0.05) is 30.3 Å². The fourth-order valence-corrected chi connectivity index (χ4v) is 2.47. The van der Waals surface area contributed by atoms with Crippen LogP contribution in [0, 0.1) is 0 Å². The Morgan fingerprint density at radius 1 is 0.958 bits per heavy atom. The minimum absolute atomic E-state index is 0.116. The number of nitrogens with zero attached hydrogens (tertiary/aromatic N) is 1. The molecule has 2 amide bonds. The molecule has 2 aromatic carbocycles. The fourth-order valence-electron chi connectivity index (χ4n) is 2.47. The van der Waals surface area contributed by atoms with Crippen LogP contribution < -0.4 is 5.73 Å². The summed E-state index contributed by atoms with van der Waals surface area (Å²) in [4.78, 5) is 25.6. The van der Waals surface area contributed by atoms with Crippen molar-refractivity contribution in [2.24, 2.45) is 5.73 Å². The third kappa shape index (κ3) is 3.98. The van der Waals surface area contributed by atoms with E-state index in [4.69, 9.17) is 15.9 Å². The number of benzene rings is 2. The van der Waals surface area contributed by atoms with Gasteiger partial charge in [0.1, 0.15) is 0 Å². The topological polar surface area (TPSA) is 104 Å². The molecule has 4 N–H and O–H groups in total. The van der Waals surface area contributed by atoms with Crippen LogP contribution in [0.4, 0.5) is 0 Å². The average molecular weight is 328 g/mol. The van der Waals surface area contributed by atoms with Crippen molar-refractivity contribution in [2.75, 3.05) is 26.3 Å². The van der Waals surface area contributed by atoms with E-state index >= 15 is 0 Å². The number of rotatable bonds is 7. The number of primary amides is 1. The Morgan fingerprint density at radius 2 is 1.58 bits per heavy atom. The van der Waals surface area contributed by atoms with Crippen LogP contribution in [0.1, 0.15) is 20.7 Å². The van der Waals surface area contributed by atoms with Gasteiger partial charge in [0.05, 0.1) is 13.2 Å². The molecule has 24 heavy (non-hydrogen) atoms. The summed E-state index contributed by atoms with van der Waals surface area (Å²) < 4.78 is 0. The zero-order valence-corrected chi connectivity index (χ0v) is 13.2. The third-order valence-electron chi connectivity index (χ3n) is 3.65. The molecule has 0 saturated heterocycles. The molecule has 2 rings (SSSR count). The summed E-state index contributed by atoms with van der Waals surface area (Å²) in [6, 6.07) is 13.8. The van der Waals surface area contributed by atoms with E-state index in [0.29, 0.717) is 16.7 Å². The Kier molecular flexibility index (Phi) is 6.06. The van der Waals surface area contributed by atoms with Crippen molar-refractivity contribution in [3.8, 4) is 11.1 Å². The molecule has 6 heteroatoms. The van der Waals surface area contributed by atoms with Crippen molar-refractivity contribution in [3.63, 3.8) is 0 Å². The highest BCUT2D eigenvalue weighted by molar-refractivity contribution is 6.03. The van der Waals surface area contributed by atoms with Gasteiger partial charge in [-0.05, 0) is 29.3 Å². The molecule has 0 atom stereocenters. The van der Waals surface area contributed by atoms with Crippen molar-refractivity contribution in [3.05, 3.63) is 59.7 Å². The first-order chi connectivity index (χ1) is 11.6. The lowest BCUT2D eigenvalue weighted by atomic mass is 9.96. The number of aliphatic hydroxyl groups is 2. The fraction of sp³-hybridized carbons (Fsp3) is 0.222. The van der Waals surface area contributed by atoms with E-state index in [1.165, 1.54) is 11.0 Å². The van der Waals surface area contributed by atoms with Crippen molar-refractivity contribution in [1.82, 2.24) is 4.90 Å². The van der Waals surface area contributed by atoms with Crippen LogP contribution in [0.2, 0.25) is 0 Å². The quantitative estimate of drug-likeness (QED) is 0.702. The van der Waals surface area contributed by atoms with Crippen molar-refractivity contribution in [1.29, 1.82) is 0 Å². The minimum Gasteiger partial charge on any atom is -0.395 e. The van der Waals surface area contributed by atoms with E-state index in [2.05, 4.69) is 0 Å². The van der Waals surface area contributed by atoms with Crippen LogP contribution in [0.25, 0.3) is 11.1 Å². The summed E-state index contributed by atoms with van der Waals surface area (Å²) >= 11 is 0. The standard InChI is InChI=1S/C18H20N2O4/c19-17(23)14-6-7-15(18(24)20(8-10-21)9-11-22)16(12-14)13-4-2-1-3-5-13/h1-7,12,21-22H,8-11H2,(H2,19,23). The van der Waals surface area contributed by atoms with Crippen molar-refractivity contribution < 1.29 is 19.8 Å². The van der Waals surface area contributed by atoms with Gasteiger partial charge in [0.25, 0.3) is 5.91 Å². The van der Waals surface area contributed by atoms with E-state index in [9.17, 15) is 9.59 Å². The van der Waals surface area contributed by atoms with E-state index in [-0.39, 0.29) is 32.2 Å². The van der Waals surface area contributed by atoms with Gasteiger partial charge >= 0.3 is 0 Å². The largest absolute Gasteiger partial charge is 0.395 e. The molecule has 0 aliphatic rings. The first-order valence-corrected chi connectivity index (χ1v) is 7.58. The summed E-state index contributed by atoms with van der Waals surface area (Å²) in [5, 5.41) is 18.3. The highest BCUT2D eigenvalue weighted by Crippen LogP contribution is 2.26. The summed E-state index contributed by atoms with van der Waals surface area (Å²) in [7, 11) is 0. The van der Waals surface area contributed by atoms with Gasteiger partial charge in [0.2, 0.25) is 5.91 Å². The molecule has 0 heterocycles. The molecule has 0 spiro atoms. The number of aliphatic hydroxyl groups excluding tert-OH is 2. The van der Waals surface area contributed by atoms with Crippen LogP contribution in [-0.2, 0) is 0 Å². The zero-order valence-electron chi connectivity index (χ0n) is 13.2. The van der Waals surface area contributed by atoms with Gasteiger partial charge in [-0.3, -0.25) is 9.59 Å². The van der Waals surface area contributed by atoms with Gasteiger partial charge in [0, 0.05) is 24.2 Å². The van der Waals surface area contributed by atoms with Crippen LogP contribution in [0.15, 0.2) is 48.5 Å². The molecular weight excluding hydrogens is 308 g/mol. The van der Waals surface area contributed by atoms with Crippen molar-refractivity contribution >= 4 is 11.8 Å². The van der Waals surface area contributed by atoms with E-state index in [1.807, 2.05) is 30.3 Å². The first kappa shape index (κ1) is 17.7. The number of nitrogens with two attached hydrogens (primary N) is 1. The molecule has 0 aromatic heterocycles. The Balaban J connectivity index is 2.52. The second kappa shape index (κ2) is 8.24. The van der Waals surface area contributed by atoms with E-state index in [0.717, 1.165) is 5.56 Å². The van der Waals surface area contributed by atoms with Crippen LogP contribution in [-0.4, -0.2) is 53.2 Å². The number of carbonyl (C=O) groups excluding carboxylic acids is 2. The van der Waals surface area contributed by atoms with Gasteiger partial charge < -0.3 is 20.8 Å². The maximum absolute atomic E-state index is 12.8. The van der Waals surface area contributed by atoms with Gasteiger partial charge in [0.15, 0.2) is 0 Å². The normalized spacial score (nSPS) is 10.4. The lowest BCUT2D eigenvalue weighted by Gasteiger charge is -2.22. The summed E-state index contributed by atoms with van der Waals surface area (Å²) in [6.45, 7) is -0.173. The highest BCUT2D eigenvalue weighted by atomic mass is 16.3. The predicted octanol–water partition coefficient (Wildman–Crippen LogP) is 0.879. The minimum atomic E-state index is -0.575. The van der Waals surface area contributed by atoms with Crippen LogP contribution in [0.5, 0.6) is 0 Å². The molecule has 0 radical (unpaired) electrons. The summed E-state index contributed by atoms with van der Waals surface area (Å²) in [6.07, 6.45) is 0. The van der Waals surface area contributed by atoms with Gasteiger partial charge in [-0.15, -0.1) is 0 Å². The SMILES string of the molecule is NC(=O)c1ccc(C(=O)N(CCO)CCO)c(-c2ccccc2)c1. The Hall–Kier alpha value is -2.70. The van der Waals surface area contributed by atoms with Crippen LogP contribution in [0.3, 0.4) is 0 Å². The molecule has 0 aliphatic heterocycles. The third-order valence-corrected chi connectivity index (χ3v) is 3.65. The lowest BCUT2D eigenvalue weighted by molar-refractivity contribution is 0.0685.